The zero-order valence-corrected chi connectivity index (χ0v) is 28.1. The molecule has 219 valence electrons. The molecule has 14 heteroatoms. The Morgan fingerprint density at radius 1 is 0.500 bits per heavy atom. The molecule has 8 bridgehead atoms. The van der Waals surface area contributed by atoms with Crippen molar-refractivity contribution in [1.82, 2.24) is 39.9 Å². The van der Waals surface area contributed by atoms with Crippen molar-refractivity contribution >= 4 is 63.9 Å². The van der Waals surface area contributed by atoms with Crippen molar-refractivity contribution in [2.45, 2.75) is 4.90 Å². The van der Waals surface area contributed by atoms with Crippen LogP contribution in [0.3, 0.4) is 0 Å². The van der Waals surface area contributed by atoms with Crippen LogP contribution >= 0.6 is 9.69 Å². The number of nitrogens with zero attached hydrogens (tertiary/aromatic N) is 6. The van der Waals surface area contributed by atoms with Crippen LogP contribution in [0.1, 0.15) is 0 Å². The average molecular weight is 695 g/mol. The number of benzene rings is 4. The van der Waals surface area contributed by atoms with Gasteiger partial charge in [-0.3, -0.25) is 4.55 Å². The molecule has 0 fully saturated rings. The van der Waals surface area contributed by atoms with Gasteiger partial charge in [-0.2, -0.15) is 8.42 Å². The van der Waals surface area contributed by atoms with Crippen molar-refractivity contribution in [3.8, 4) is 45.6 Å². The van der Waals surface area contributed by atoms with Crippen molar-refractivity contribution < 1.29 is 30.3 Å². The molecule has 11 nitrogen and oxygen atoms in total. The number of rotatable bonds is 1. The number of nitrogens with one attached hydrogen (secondary N) is 2. The van der Waals surface area contributed by atoms with Crippen LogP contribution in [0.4, 0.5) is 0 Å². The standard InChI is InChI=1S/C32H18N8O3S.ClH.Zn/c41-44(42,43)23-15-7-14-22-24(23)32-39-30-21-13-6-5-12-20(21)28(37-30)35-26-17-9-2-1-8-16(17)25(33-26)34-27-18-10-3-4-11-19(18)29(36-27)38-31(22)40-32;;/h1-15H,(H,41,42,43)(H2,33,34,35,36,37,38,39,40);1H;/q;;+1/p-1. The van der Waals surface area contributed by atoms with Crippen LogP contribution in [-0.2, 0) is 27.4 Å². The summed E-state index contributed by atoms with van der Waals surface area (Å²) in [4.78, 5) is 35.4. The van der Waals surface area contributed by atoms with E-state index in [1.165, 1.54) is 6.07 Å². The summed E-state index contributed by atoms with van der Waals surface area (Å²) in [6, 6.07) is 27.6. The fraction of sp³-hybridized carbons (Fsp3) is 0. The van der Waals surface area contributed by atoms with E-state index in [1.807, 2.05) is 72.8 Å². The zero-order valence-electron chi connectivity index (χ0n) is 23.6. The van der Waals surface area contributed by atoms with Gasteiger partial charge in [0.25, 0.3) is 10.1 Å². The van der Waals surface area contributed by atoms with E-state index in [0.717, 1.165) is 50.3 Å². The Morgan fingerprint density at radius 2 is 0.870 bits per heavy atom. The van der Waals surface area contributed by atoms with Crippen LogP contribution in [0.25, 0.3) is 89.7 Å². The van der Waals surface area contributed by atoms with Crippen molar-refractivity contribution in [3.05, 3.63) is 91.0 Å². The van der Waals surface area contributed by atoms with E-state index in [2.05, 4.69) is 9.97 Å². The summed E-state index contributed by atoms with van der Waals surface area (Å²) in [7, 11) is 0.148. The fourth-order valence-electron chi connectivity index (χ4n) is 5.87. The Kier molecular flexibility index (Phi) is 6.73. The van der Waals surface area contributed by atoms with Gasteiger partial charge in [0.2, 0.25) is 0 Å². The third-order valence-electron chi connectivity index (χ3n) is 7.82. The van der Waals surface area contributed by atoms with Crippen LogP contribution < -0.4 is 0 Å². The molecule has 0 atom stereocenters. The molecule has 0 saturated heterocycles. The Bertz CT molecular complexity index is 2670. The van der Waals surface area contributed by atoms with Gasteiger partial charge < -0.3 is 9.97 Å². The van der Waals surface area contributed by atoms with E-state index in [9.17, 15) is 13.0 Å². The summed E-state index contributed by atoms with van der Waals surface area (Å²) < 4.78 is 35.2. The van der Waals surface area contributed by atoms with E-state index in [1.54, 1.807) is 12.1 Å². The number of halogens is 1. The van der Waals surface area contributed by atoms with Gasteiger partial charge in [-0.25, -0.2) is 29.9 Å². The molecule has 2 aliphatic rings. The van der Waals surface area contributed by atoms with E-state index in [4.69, 9.17) is 39.6 Å². The SMILES string of the molecule is O=S(=O)(O)c1cccc2c3nc4nc(nc5[nH]c(nc6nc(nc([nH]3)c12)-c1ccccc1-6)c1ccccc51)-c1ccccc1-4.[Cl][Zn]. The summed E-state index contributed by atoms with van der Waals surface area (Å²) in [5.74, 6) is 1.60. The quantitative estimate of drug-likeness (QED) is 0.124. The van der Waals surface area contributed by atoms with Gasteiger partial charge in [0, 0.05) is 43.8 Å². The molecule has 9 rings (SSSR count). The van der Waals surface area contributed by atoms with Crippen LogP contribution in [0.15, 0.2) is 95.9 Å². The van der Waals surface area contributed by atoms with Gasteiger partial charge in [-0.15, -0.1) is 0 Å². The Labute approximate surface area is 274 Å². The first kappa shape index (κ1) is 28.5. The minimum atomic E-state index is -4.62. The average Bonchev–Trinajstić information content (AvgIpc) is 3.81. The van der Waals surface area contributed by atoms with Crippen LogP contribution in [0.2, 0.25) is 0 Å². The summed E-state index contributed by atoms with van der Waals surface area (Å²) in [5.41, 5.74) is 4.68. The molecule has 2 aliphatic heterocycles. The molecule has 0 amide bonds. The number of hydrogen-bond donors (Lipinski definition) is 3. The summed E-state index contributed by atoms with van der Waals surface area (Å²) in [6.45, 7) is 0. The van der Waals surface area contributed by atoms with Crippen molar-refractivity contribution in [1.29, 1.82) is 0 Å². The molecular weight excluding hydrogens is 677 g/mol. The molecule has 0 saturated carbocycles. The van der Waals surface area contributed by atoms with Crippen molar-refractivity contribution in [3.63, 3.8) is 0 Å². The third kappa shape index (κ3) is 4.51. The Morgan fingerprint density at radius 3 is 1.33 bits per heavy atom. The maximum atomic E-state index is 12.5. The second-order valence-electron chi connectivity index (χ2n) is 10.4. The predicted molar refractivity (Wildman–Crippen MR) is 172 cm³/mol. The second-order valence-corrected chi connectivity index (χ2v) is 11.8. The molecule has 3 N–H and O–H groups in total. The molecule has 0 aliphatic carbocycles. The number of hydrogen-bond acceptors (Lipinski definition) is 8. The molecule has 0 radical (unpaired) electrons. The van der Waals surface area contributed by atoms with Crippen molar-refractivity contribution in [2.24, 2.45) is 0 Å². The predicted octanol–water partition coefficient (Wildman–Crippen LogP) is 6.80. The number of aromatic nitrogens is 8. The molecule has 46 heavy (non-hydrogen) atoms. The van der Waals surface area contributed by atoms with Gasteiger partial charge in [0.1, 0.15) is 27.5 Å². The fourth-order valence-corrected chi connectivity index (χ4v) is 6.59. The van der Waals surface area contributed by atoms with Gasteiger partial charge in [-0.1, -0.05) is 84.9 Å². The molecule has 3 aromatic heterocycles. The Balaban J connectivity index is 0.00000153. The van der Waals surface area contributed by atoms with Gasteiger partial charge in [0.05, 0.1) is 0 Å². The molecular formula is C32H18ClN8O3SZn. The number of H-pyrrole nitrogens is 2. The van der Waals surface area contributed by atoms with Crippen molar-refractivity contribution in [2.75, 3.05) is 0 Å². The van der Waals surface area contributed by atoms with Crippen LogP contribution in [0, 0.1) is 0 Å². The number of fused-ring (bicyclic) bond motifs is 20. The first-order chi connectivity index (χ1) is 22.4. The van der Waals surface area contributed by atoms with Crippen LogP contribution in [0.5, 0.6) is 0 Å². The summed E-state index contributed by atoms with van der Waals surface area (Å²) in [6.07, 6.45) is 0. The van der Waals surface area contributed by atoms with E-state index in [0.29, 0.717) is 45.6 Å². The second kappa shape index (κ2) is 10.9. The van der Waals surface area contributed by atoms with Gasteiger partial charge in [0.15, 0.2) is 23.3 Å². The number of aromatic amines is 2. The van der Waals surface area contributed by atoms with E-state index >= 15 is 0 Å². The molecule has 7 aromatic rings. The van der Waals surface area contributed by atoms with Crippen LogP contribution in [-0.4, -0.2) is 52.8 Å². The van der Waals surface area contributed by atoms with Gasteiger partial charge in [-0.05, 0) is 6.07 Å². The monoisotopic (exact) mass is 693 g/mol. The maximum absolute atomic E-state index is 12.5. The molecule has 4 aromatic carbocycles. The normalized spacial score (nSPS) is 12.0. The third-order valence-corrected chi connectivity index (χ3v) is 8.72. The molecule has 5 heterocycles. The van der Waals surface area contributed by atoms with E-state index < -0.39 is 10.1 Å². The summed E-state index contributed by atoms with van der Waals surface area (Å²) in [5, 5.41) is 2.36. The van der Waals surface area contributed by atoms with Gasteiger partial charge >= 0.3 is 27.0 Å². The molecule has 0 spiro atoms. The minimum absolute atomic E-state index is 0.169. The first-order valence-electron chi connectivity index (χ1n) is 13.9. The topological polar surface area (TPSA) is 163 Å². The molecule has 0 unspecified atom stereocenters. The summed E-state index contributed by atoms with van der Waals surface area (Å²) >= 11 is 0.847. The Hall–Kier alpha value is -4.94. The van der Waals surface area contributed by atoms with E-state index in [-0.39, 0.29) is 15.9 Å². The first-order valence-corrected chi connectivity index (χ1v) is 19.2. The zero-order chi connectivity index (χ0) is 31.6.